The molecule has 0 saturated heterocycles. The number of benzene rings is 1. The van der Waals surface area contributed by atoms with Crippen molar-refractivity contribution in [2.75, 3.05) is 0 Å². The summed E-state index contributed by atoms with van der Waals surface area (Å²) < 4.78 is 38.8. The van der Waals surface area contributed by atoms with Crippen LogP contribution in [0.1, 0.15) is 15.9 Å². The van der Waals surface area contributed by atoms with Crippen molar-refractivity contribution in [3.63, 3.8) is 0 Å². The molecule has 1 aromatic heterocycles. The second kappa shape index (κ2) is 5.13. The van der Waals surface area contributed by atoms with Crippen molar-refractivity contribution in [3.8, 4) is 11.3 Å². The van der Waals surface area contributed by atoms with E-state index in [0.29, 0.717) is 11.6 Å². The van der Waals surface area contributed by atoms with Crippen molar-refractivity contribution < 1.29 is 23.1 Å². The van der Waals surface area contributed by atoms with Gasteiger partial charge in [-0.25, -0.2) is 9.78 Å². The molecule has 1 N–H and O–H groups in total. The first kappa shape index (κ1) is 14.3. The topological polar surface area (TPSA) is 50.2 Å². The van der Waals surface area contributed by atoms with E-state index in [-0.39, 0.29) is 5.69 Å². The normalized spacial score (nSPS) is 11.4. The lowest BCUT2D eigenvalue weighted by Crippen LogP contribution is -2.15. The van der Waals surface area contributed by atoms with Gasteiger partial charge in [0, 0.05) is 5.56 Å². The third kappa shape index (κ3) is 2.75. The number of aromatic nitrogens is 1. The lowest BCUT2D eigenvalue weighted by Gasteiger charge is -2.13. The molecule has 104 valence electrons. The summed E-state index contributed by atoms with van der Waals surface area (Å²) in [7, 11) is 0. The Bertz CT molecular complexity index is 657. The Morgan fingerprint density at radius 1 is 1.20 bits per heavy atom. The molecule has 7 heteroatoms. The molecule has 0 unspecified atom stereocenters. The monoisotopic (exact) mass is 301 g/mol. The van der Waals surface area contributed by atoms with Crippen molar-refractivity contribution in [3.05, 3.63) is 52.7 Å². The van der Waals surface area contributed by atoms with Gasteiger partial charge in [-0.2, -0.15) is 13.2 Å². The van der Waals surface area contributed by atoms with Crippen molar-refractivity contribution in [1.82, 2.24) is 4.98 Å². The molecule has 0 fully saturated rings. The van der Waals surface area contributed by atoms with E-state index in [9.17, 15) is 18.0 Å². The second-order valence-electron chi connectivity index (χ2n) is 3.89. The third-order valence-corrected chi connectivity index (χ3v) is 2.84. The Labute approximate surface area is 116 Å². The maximum Gasteiger partial charge on any atom is 0.417 e. The van der Waals surface area contributed by atoms with Gasteiger partial charge in [-0.05, 0) is 6.07 Å². The van der Waals surface area contributed by atoms with Gasteiger partial charge in [0.1, 0.15) is 10.7 Å². The van der Waals surface area contributed by atoms with Crippen LogP contribution in [0, 0.1) is 0 Å². The number of carbonyl (C=O) groups is 1. The third-order valence-electron chi connectivity index (χ3n) is 2.56. The highest BCUT2D eigenvalue weighted by Crippen LogP contribution is 2.36. The summed E-state index contributed by atoms with van der Waals surface area (Å²) in [5.41, 5.74) is -1.98. The summed E-state index contributed by atoms with van der Waals surface area (Å²) in [6.45, 7) is 0. The highest BCUT2D eigenvalue weighted by molar-refractivity contribution is 6.32. The fourth-order valence-electron chi connectivity index (χ4n) is 1.70. The molecule has 0 aliphatic carbocycles. The largest absolute Gasteiger partial charge is 0.478 e. The van der Waals surface area contributed by atoms with Crippen LogP contribution in [0.4, 0.5) is 13.2 Å². The molecule has 2 rings (SSSR count). The van der Waals surface area contributed by atoms with Gasteiger partial charge in [-0.15, -0.1) is 0 Å². The Morgan fingerprint density at radius 2 is 1.80 bits per heavy atom. The van der Waals surface area contributed by atoms with Gasteiger partial charge >= 0.3 is 12.1 Å². The lowest BCUT2D eigenvalue weighted by atomic mass is 10.0. The molecule has 0 saturated carbocycles. The van der Waals surface area contributed by atoms with E-state index in [1.807, 2.05) is 0 Å². The highest BCUT2D eigenvalue weighted by atomic mass is 35.5. The van der Waals surface area contributed by atoms with Gasteiger partial charge in [0.05, 0.1) is 11.3 Å². The van der Waals surface area contributed by atoms with Crippen LogP contribution in [-0.4, -0.2) is 16.1 Å². The predicted octanol–water partition coefficient (Wildman–Crippen LogP) is 4.12. The van der Waals surface area contributed by atoms with Gasteiger partial charge < -0.3 is 5.11 Å². The van der Waals surface area contributed by atoms with E-state index in [1.54, 1.807) is 30.3 Å². The van der Waals surface area contributed by atoms with Gasteiger partial charge in [0.2, 0.25) is 0 Å². The van der Waals surface area contributed by atoms with Gasteiger partial charge in [0.25, 0.3) is 0 Å². The first-order chi connectivity index (χ1) is 9.30. The zero-order valence-corrected chi connectivity index (χ0v) is 10.5. The van der Waals surface area contributed by atoms with Crippen molar-refractivity contribution in [2.24, 2.45) is 0 Å². The van der Waals surface area contributed by atoms with Gasteiger partial charge in [0.15, 0.2) is 0 Å². The minimum absolute atomic E-state index is 0.0343. The summed E-state index contributed by atoms with van der Waals surface area (Å²) >= 11 is 5.59. The van der Waals surface area contributed by atoms with E-state index in [2.05, 4.69) is 4.98 Å². The fraction of sp³-hybridized carbons (Fsp3) is 0.0769. The van der Waals surface area contributed by atoms with Crippen LogP contribution in [0.15, 0.2) is 36.4 Å². The summed E-state index contributed by atoms with van der Waals surface area (Å²) in [5, 5.41) is 8.16. The molecular weight excluding hydrogens is 295 g/mol. The van der Waals surface area contributed by atoms with Gasteiger partial charge in [-0.1, -0.05) is 41.9 Å². The first-order valence-electron chi connectivity index (χ1n) is 5.37. The maximum absolute atomic E-state index is 12.9. The van der Waals surface area contributed by atoms with Crippen molar-refractivity contribution in [2.45, 2.75) is 6.18 Å². The van der Waals surface area contributed by atoms with Crippen LogP contribution in [0.3, 0.4) is 0 Å². The van der Waals surface area contributed by atoms with Gasteiger partial charge in [-0.3, -0.25) is 0 Å². The number of hydrogen-bond donors (Lipinski definition) is 1. The van der Waals surface area contributed by atoms with Crippen LogP contribution >= 0.6 is 11.6 Å². The van der Waals surface area contributed by atoms with Crippen LogP contribution in [0.2, 0.25) is 5.15 Å². The Morgan fingerprint density at radius 3 is 2.30 bits per heavy atom. The Hall–Kier alpha value is -2.08. The molecular formula is C13H7ClF3NO2. The van der Waals surface area contributed by atoms with Crippen molar-refractivity contribution in [1.29, 1.82) is 0 Å². The molecule has 20 heavy (non-hydrogen) atoms. The molecule has 1 heterocycles. The lowest BCUT2D eigenvalue weighted by molar-refractivity contribution is -0.138. The summed E-state index contributed by atoms with van der Waals surface area (Å²) in [6.07, 6.45) is -4.83. The predicted molar refractivity (Wildman–Crippen MR) is 66.6 cm³/mol. The average Bonchev–Trinajstić information content (AvgIpc) is 2.37. The number of rotatable bonds is 2. The zero-order valence-electron chi connectivity index (χ0n) is 9.78. The van der Waals surface area contributed by atoms with E-state index < -0.39 is 28.4 Å². The number of nitrogens with zero attached hydrogens (tertiary/aromatic N) is 1. The molecule has 0 aliphatic heterocycles. The standard InChI is InChI=1S/C13H7ClF3NO2/c14-11-10(12(19)20)8(13(15,16)17)6-9(18-11)7-4-2-1-3-5-7/h1-6H,(H,19,20). The summed E-state index contributed by atoms with van der Waals surface area (Å²) in [6, 6.07) is 8.75. The number of carboxylic acid groups (broad SMARTS) is 1. The molecule has 0 amide bonds. The molecule has 2 aromatic rings. The molecule has 0 radical (unpaired) electrons. The average molecular weight is 302 g/mol. The van der Waals surface area contributed by atoms with Crippen LogP contribution in [0.25, 0.3) is 11.3 Å². The molecule has 3 nitrogen and oxygen atoms in total. The molecule has 0 atom stereocenters. The number of alkyl halides is 3. The van der Waals surface area contributed by atoms with E-state index in [4.69, 9.17) is 16.7 Å². The minimum Gasteiger partial charge on any atom is -0.478 e. The Balaban J connectivity index is 2.71. The number of halogens is 4. The fourth-order valence-corrected chi connectivity index (χ4v) is 1.97. The van der Waals surface area contributed by atoms with E-state index in [0.717, 1.165) is 0 Å². The molecule has 0 spiro atoms. The number of pyridine rings is 1. The van der Waals surface area contributed by atoms with Crippen LogP contribution in [0.5, 0.6) is 0 Å². The quantitative estimate of drug-likeness (QED) is 0.849. The summed E-state index contributed by atoms with van der Waals surface area (Å²) in [4.78, 5) is 14.6. The highest BCUT2D eigenvalue weighted by Gasteiger charge is 2.37. The number of aromatic carboxylic acids is 1. The first-order valence-corrected chi connectivity index (χ1v) is 5.75. The molecule has 0 aliphatic rings. The smallest absolute Gasteiger partial charge is 0.417 e. The van der Waals surface area contributed by atoms with Crippen molar-refractivity contribution >= 4 is 17.6 Å². The molecule has 0 bridgehead atoms. The van der Waals surface area contributed by atoms with E-state index >= 15 is 0 Å². The van der Waals surface area contributed by atoms with Crippen LogP contribution in [-0.2, 0) is 6.18 Å². The zero-order chi connectivity index (χ0) is 14.9. The SMILES string of the molecule is O=C(O)c1c(C(F)(F)F)cc(-c2ccccc2)nc1Cl. The summed E-state index contributed by atoms with van der Waals surface area (Å²) in [5.74, 6) is -1.77. The van der Waals surface area contributed by atoms with Crippen LogP contribution < -0.4 is 0 Å². The second-order valence-corrected chi connectivity index (χ2v) is 4.25. The number of hydrogen-bond acceptors (Lipinski definition) is 2. The van der Waals surface area contributed by atoms with E-state index in [1.165, 1.54) is 0 Å². The number of carboxylic acids is 1. The minimum atomic E-state index is -4.83. The molecule has 1 aromatic carbocycles. The maximum atomic E-state index is 12.9. The Kier molecular flexibility index (Phi) is 3.67.